The molecule has 6 rings (SSSR count). The van der Waals surface area contributed by atoms with Gasteiger partial charge in [-0.1, -0.05) is 24.3 Å². The molecule has 10 nitrogen and oxygen atoms in total. The second-order valence-corrected chi connectivity index (χ2v) is 11.9. The zero-order chi connectivity index (χ0) is 32.2. The summed E-state index contributed by atoms with van der Waals surface area (Å²) in [5, 5.41) is 15.2. The van der Waals surface area contributed by atoms with Crippen LogP contribution in [0.2, 0.25) is 0 Å². The number of amides is 1. The van der Waals surface area contributed by atoms with E-state index in [2.05, 4.69) is 27.2 Å². The van der Waals surface area contributed by atoms with Crippen LogP contribution in [-0.2, 0) is 22.7 Å². The minimum atomic E-state index is -1.04. The number of carboxylic acid groups (broad SMARTS) is 1. The summed E-state index contributed by atoms with van der Waals surface area (Å²) in [6, 6.07) is 13.4. The second-order valence-electron chi connectivity index (χ2n) is 11.9. The lowest BCUT2D eigenvalue weighted by atomic mass is 9.88. The van der Waals surface area contributed by atoms with Crippen LogP contribution in [0.15, 0.2) is 61.2 Å². The van der Waals surface area contributed by atoms with Crippen LogP contribution in [0.4, 0.5) is 14.6 Å². The van der Waals surface area contributed by atoms with Gasteiger partial charge in [-0.15, -0.1) is 0 Å². The Morgan fingerprint density at radius 3 is 2.48 bits per heavy atom. The Bertz CT molecular complexity index is 1700. The van der Waals surface area contributed by atoms with Crippen LogP contribution < -0.4 is 14.7 Å². The first-order valence-electron chi connectivity index (χ1n) is 15.5. The van der Waals surface area contributed by atoms with Crippen molar-refractivity contribution in [3.8, 4) is 17.0 Å². The third-order valence-corrected chi connectivity index (χ3v) is 8.99. The number of ether oxygens (including phenoxy) is 1. The van der Waals surface area contributed by atoms with E-state index < -0.39 is 23.5 Å². The van der Waals surface area contributed by atoms with Crippen LogP contribution in [0.25, 0.3) is 11.3 Å². The van der Waals surface area contributed by atoms with Crippen LogP contribution in [0, 0.1) is 24.5 Å². The number of hydrogen-bond acceptors (Lipinski definition) is 8. The molecule has 4 heterocycles. The van der Waals surface area contributed by atoms with Gasteiger partial charge in [-0.05, 0) is 73.4 Å². The van der Waals surface area contributed by atoms with E-state index >= 15 is 4.39 Å². The van der Waals surface area contributed by atoms with Gasteiger partial charge in [0.25, 0.3) is 0 Å². The minimum absolute atomic E-state index is 0.0279. The van der Waals surface area contributed by atoms with Gasteiger partial charge in [0.2, 0.25) is 5.91 Å². The lowest BCUT2D eigenvalue weighted by Gasteiger charge is -2.33. The largest absolute Gasteiger partial charge is 0.550 e. The summed E-state index contributed by atoms with van der Waals surface area (Å²) in [5.74, 6) is -2.25. The number of aryl methyl sites for hydroxylation is 1. The number of aromatic nitrogens is 4. The predicted octanol–water partition coefficient (Wildman–Crippen LogP) is 3.88. The average molecular weight is 630 g/mol. The molecule has 2 aliphatic heterocycles. The summed E-state index contributed by atoms with van der Waals surface area (Å²) in [6.07, 6.45) is 5.54. The van der Waals surface area contributed by atoms with Gasteiger partial charge in [0.1, 0.15) is 37.4 Å². The Balaban J connectivity index is 1.12. The predicted molar refractivity (Wildman–Crippen MR) is 164 cm³/mol. The number of carbonyl (C=O) groups excluding carboxylic acids is 2. The van der Waals surface area contributed by atoms with Crippen molar-refractivity contribution >= 4 is 17.7 Å². The summed E-state index contributed by atoms with van der Waals surface area (Å²) in [6.45, 7) is 4.56. The number of pyridine rings is 1. The van der Waals surface area contributed by atoms with Gasteiger partial charge < -0.3 is 24.4 Å². The number of nitrogens with zero attached hydrogens (tertiary/aromatic N) is 6. The van der Waals surface area contributed by atoms with Crippen molar-refractivity contribution in [1.82, 2.24) is 24.6 Å². The second kappa shape index (κ2) is 13.6. The Hall–Kier alpha value is -4.87. The third kappa shape index (κ3) is 7.00. The van der Waals surface area contributed by atoms with Crippen LogP contribution in [0.5, 0.6) is 5.75 Å². The molecule has 0 radical (unpaired) electrons. The van der Waals surface area contributed by atoms with Crippen molar-refractivity contribution < 1.29 is 28.2 Å². The van der Waals surface area contributed by atoms with Gasteiger partial charge in [-0.2, -0.15) is 5.10 Å². The molecule has 4 aromatic rings. The molecule has 2 aromatic carbocycles. The van der Waals surface area contributed by atoms with Crippen molar-refractivity contribution in [1.29, 1.82) is 0 Å². The first-order chi connectivity index (χ1) is 22.2. The number of anilines is 1. The molecule has 2 aliphatic rings. The molecule has 0 atom stereocenters. The number of carboxylic acids is 1. The Labute approximate surface area is 265 Å². The van der Waals surface area contributed by atoms with E-state index in [1.807, 2.05) is 22.8 Å². The standard InChI is InChI=1S/C34H36F2N6O4/c1-22-15-25(23-7-13-41(14-8-23)32(43)18-42-21-37-20-38-42)5-6-26(22)19-46-33-28(16-27(35)17-29(33)36)30-3-2-4-31(39-30)40-11-9-24(10-12-40)34(44)45/h2-6,15-17,20-21,23-24H,7-14,18-19H2,1H3,(H,44,45)/p-1. The topological polar surface area (TPSA) is 117 Å². The zero-order valence-electron chi connectivity index (χ0n) is 25.6. The van der Waals surface area contributed by atoms with Crippen LogP contribution in [0.3, 0.4) is 0 Å². The zero-order valence-corrected chi connectivity index (χ0v) is 25.6. The maximum Gasteiger partial charge on any atom is 0.244 e. The molecule has 0 saturated carbocycles. The molecule has 0 N–H and O–H groups in total. The monoisotopic (exact) mass is 629 g/mol. The maximum atomic E-state index is 15.2. The molecule has 12 heteroatoms. The number of rotatable bonds is 9. The van der Waals surface area contributed by atoms with Gasteiger partial charge in [0, 0.05) is 49.7 Å². The molecule has 0 spiro atoms. The SMILES string of the molecule is Cc1cc(C2CCN(C(=O)Cn3cncn3)CC2)ccc1COc1c(F)cc(F)cc1-c1cccc(N2CCC(C(=O)[O-])CC2)n1. The van der Waals surface area contributed by atoms with E-state index in [0.717, 1.165) is 30.0 Å². The molecule has 2 aromatic heterocycles. The number of carbonyl (C=O) groups is 2. The lowest BCUT2D eigenvalue weighted by Crippen LogP contribution is -2.41. The van der Waals surface area contributed by atoms with Crippen molar-refractivity contribution in [2.45, 2.75) is 51.7 Å². The number of aliphatic carboxylic acids is 1. The third-order valence-electron chi connectivity index (χ3n) is 8.99. The van der Waals surface area contributed by atoms with E-state index in [1.165, 1.54) is 29.0 Å². The van der Waals surface area contributed by atoms with Gasteiger partial charge in [0.15, 0.2) is 11.6 Å². The Kier molecular flexibility index (Phi) is 9.23. The fourth-order valence-electron chi connectivity index (χ4n) is 6.29. The minimum Gasteiger partial charge on any atom is -0.550 e. The molecule has 1 amide bonds. The molecule has 0 aliphatic carbocycles. The van der Waals surface area contributed by atoms with Crippen molar-refractivity contribution in [2.24, 2.45) is 5.92 Å². The van der Waals surface area contributed by atoms with Crippen molar-refractivity contribution in [3.63, 3.8) is 0 Å². The van der Waals surface area contributed by atoms with E-state index in [0.29, 0.717) is 56.5 Å². The van der Waals surface area contributed by atoms with E-state index in [9.17, 15) is 19.1 Å². The normalized spacial score (nSPS) is 16.1. The Morgan fingerprint density at radius 2 is 1.78 bits per heavy atom. The highest BCUT2D eigenvalue weighted by atomic mass is 19.1. The summed E-state index contributed by atoms with van der Waals surface area (Å²) in [4.78, 5) is 36.2. The molecule has 0 unspecified atom stereocenters. The van der Waals surface area contributed by atoms with Gasteiger partial charge in [-0.25, -0.2) is 23.4 Å². The number of piperidine rings is 2. The maximum absolute atomic E-state index is 15.2. The van der Waals surface area contributed by atoms with Crippen LogP contribution >= 0.6 is 0 Å². The smallest absolute Gasteiger partial charge is 0.244 e. The van der Waals surface area contributed by atoms with Gasteiger partial charge in [0.05, 0.1) is 5.69 Å². The van der Waals surface area contributed by atoms with Gasteiger partial charge in [-0.3, -0.25) is 4.79 Å². The summed E-state index contributed by atoms with van der Waals surface area (Å²) in [7, 11) is 0. The number of likely N-dealkylation sites (tertiary alicyclic amines) is 1. The molecular weight excluding hydrogens is 594 g/mol. The van der Waals surface area contributed by atoms with Crippen molar-refractivity contribution in [2.75, 3.05) is 31.1 Å². The number of halogens is 2. The summed E-state index contributed by atoms with van der Waals surface area (Å²) < 4.78 is 37.2. The van der Waals surface area contributed by atoms with Crippen molar-refractivity contribution in [3.05, 3.63) is 89.5 Å². The van der Waals surface area contributed by atoms with Crippen LogP contribution in [-0.4, -0.2) is 62.7 Å². The fourth-order valence-corrected chi connectivity index (χ4v) is 6.29. The quantitative estimate of drug-likeness (QED) is 0.274. The van der Waals surface area contributed by atoms with E-state index in [4.69, 9.17) is 4.74 Å². The molecular formula is C34H35F2N6O4-. The lowest BCUT2D eigenvalue weighted by molar-refractivity contribution is -0.312. The van der Waals surface area contributed by atoms with Crippen LogP contribution in [0.1, 0.15) is 48.3 Å². The highest BCUT2D eigenvalue weighted by Crippen LogP contribution is 2.35. The summed E-state index contributed by atoms with van der Waals surface area (Å²) >= 11 is 0. The van der Waals surface area contributed by atoms with E-state index in [-0.39, 0.29) is 30.4 Å². The fraction of sp³-hybridized carbons (Fsp3) is 0.382. The first-order valence-corrected chi connectivity index (χ1v) is 15.5. The highest BCUT2D eigenvalue weighted by molar-refractivity contribution is 5.76. The van der Waals surface area contributed by atoms with Gasteiger partial charge >= 0.3 is 0 Å². The number of benzene rings is 2. The van der Waals surface area contributed by atoms with E-state index in [1.54, 1.807) is 18.2 Å². The molecule has 2 fully saturated rings. The first kappa shape index (κ1) is 31.1. The Morgan fingerprint density at radius 1 is 1.00 bits per heavy atom. The molecule has 46 heavy (non-hydrogen) atoms. The molecule has 2 saturated heterocycles. The highest BCUT2D eigenvalue weighted by Gasteiger charge is 2.25. The average Bonchev–Trinajstić information content (AvgIpc) is 3.58. The molecule has 240 valence electrons. The summed E-state index contributed by atoms with van der Waals surface area (Å²) in [5.41, 5.74) is 3.60. The molecule has 0 bridgehead atoms. The number of hydrogen-bond donors (Lipinski definition) is 0.